The second kappa shape index (κ2) is 5.35. The molecule has 1 N–H and O–H groups in total. The summed E-state index contributed by atoms with van der Waals surface area (Å²) in [5, 5.41) is 14.1. The van der Waals surface area contributed by atoms with Crippen molar-refractivity contribution in [3.63, 3.8) is 0 Å². The highest BCUT2D eigenvalue weighted by atomic mass is 79.9. The fourth-order valence-electron chi connectivity index (χ4n) is 1.95. The van der Waals surface area contributed by atoms with Crippen molar-refractivity contribution < 1.29 is 9.84 Å². The van der Waals surface area contributed by atoms with Crippen molar-refractivity contribution in [1.29, 1.82) is 0 Å². The first-order valence-electron chi connectivity index (χ1n) is 6.05. The normalized spacial score (nSPS) is 12.5. The van der Waals surface area contributed by atoms with Gasteiger partial charge in [0.1, 0.15) is 11.4 Å². The zero-order valence-corrected chi connectivity index (χ0v) is 13.0. The molecule has 0 aliphatic carbocycles. The van der Waals surface area contributed by atoms with Gasteiger partial charge in [-0.25, -0.2) is 0 Å². The highest BCUT2D eigenvalue weighted by Gasteiger charge is 2.16. The molecule has 0 saturated heterocycles. The van der Waals surface area contributed by atoms with Crippen LogP contribution in [0.2, 0.25) is 0 Å². The summed E-state index contributed by atoms with van der Waals surface area (Å²) in [4.78, 5) is 0. The van der Waals surface area contributed by atoms with Gasteiger partial charge in [-0.1, -0.05) is 15.9 Å². The van der Waals surface area contributed by atoms with E-state index in [0.29, 0.717) is 5.75 Å². The van der Waals surface area contributed by atoms with E-state index in [1.807, 2.05) is 39.1 Å². The van der Waals surface area contributed by atoms with E-state index >= 15 is 0 Å². The number of halogens is 1. The van der Waals surface area contributed by atoms with Crippen LogP contribution in [0.3, 0.4) is 0 Å². The van der Waals surface area contributed by atoms with Gasteiger partial charge in [-0.3, -0.25) is 4.68 Å². The number of nitrogens with zero attached hydrogens (tertiary/aromatic N) is 2. The minimum Gasteiger partial charge on any atom is -0.453 e. The molecule has 5 heteroatoms. The Morgan fingerprint density at radius 1 is 1.37 bits per heavy atom. The van der Waals surface area contributed by atoms with E-state index in [1.54, 1.807) is 11.6 Å². The van der Waals surface area contributed by atoms with Gasteiger partial charge in [0.05, 0.1) is 11.8 Å². The van der Waals surface area contributed by atoms with Gasteiger partial charge >= 0.3 is 0 Å². The summed E-state index contributed by atoms with van der Waals surface area (Å²) in [5.41, 5.74) is 2.54. The van der Waals surface area contributed by atoms with Crippen molar-refractivity contribution in [1.82, 2.24) is 9.78 Å². The second-order valence-electron chi connectivity index (χ2n) is 4.58. The molecule has 0 spiro atoms. The lowest BCUT2D eigenvalue weighted by atomic mass is 10.1. The molecule has 1 unspecified atom stereocenters. The molecule has 2 rings (SSSR count). The van der Waals surface area contributed by atoms with Gasteiger partial charge in [-0.2, -0.15) is 5.10 Å². The van der Waals surface area contributed by atoms with Crippen LogP contribution in [-0.4, -0.2) is 14.9 Å². The molecule has 0 aliphatic heterocycles. The number of hydrogen-bond acceptors (Lipinski definition) is 3. The van der Waals surface area contributed by atoms with Crippen molar-refractivity contribution >= 4 is 15.9 Å². The van der Waals surface area contributed by atoms with Crippen LogP contribution in [0.5, 0.6) is 11.5 Å². The van der Waals surface area contributed by atoms with Crippen LogP contribution in [0.1, 0.15) is 30.0 Å². The Kier molecular flexibility index (Phi) is 3.96. The summed E-state index contributed by atoms with van der Waals surface area (Å²) in [6.45, 7) is 5.58. The lowest BCUT2D eigenvalue weighted by molar-refractivity contribution is 0.195. The minimum atomic E-state index is -0.593. The zero-order chi connectivity index (χ0) is 14.2. The van der Waals surface area contributed by atoms with Gasteiger partial charge in [-0.05, 0) is 39.0 Å². The maximum atomic E-state index is 9.83. The molecule has 0 radical (unpaired) electrons. The number of aromatic nitrogens is 2. The first-order valence-corrected chi connectivity index (χ1v) is 6.85. The molecule has 19 heavy (non-hydrogen) atoms. The van der Waals surface area contributed by atoms with Crippen molar-refractivity contribution in [3.8, 4) is 11.5 Å². The topological polar surface area (TPSA) is 47.3 Å². The predicted molar refractivity (Wildman–Crippen MR) is 77.5 cm³/mol. The third kappa shape index (κ3) is 2.82. The van der Waals surface area contributed by atoms with Crippen LogP contribution in [-0.2, 0) is 7.05 Å². The van der Waals surface area contributed by atoms with E-state index in [9.17, 15) is 5.11 Å². The van der Waals surface area contributed by atoms with Gasteiger partial charge in [0.2, 0.25) is 0 Å². The van der Waals surface area contributed by atoms with Gasteiger partial charge < -0.3 is 9.84 Å². The number of benzene rings is 1. The van der Waals surface area contributed by atoms with E-state index in [-0.39, 0.29) is 0 Å². The Hall–Kier alpha value is -1.33. The quantitative estimate of drug-likeness (QED) is 0.937. The first kappa shape index (κ1) is 14.1. The highest BCUT2D eigenvalue weighted by molar-refractivity contribution is 9.10. The molecule has 1 heterocycles. The summed E-state index contributed by atoms with van der Waals surface area (Å²) < 4.78 is 8.64. The van der Waals surface area contributed by atoms with Crippen LogP contribution < -0.4 is 4.74 Å². The molecule has 102 valence electrons. The molecule has 0 bridgehead atoms. The monoisotopic (exact) mass is 324 g/mol. The number of hydrogen-bond donors (Lipinski definition) is 1. The van der Waals surface area contributed by atoms with Crippen molar-refractivity contribution in [2.24, 2.45) is 7.05 Å². The van der Waals surface area contributed by atoms with E-state index in [1.165, 1.54) is 0 Å². The number of rotatable bonds is 3. The molecule has 1 aromatic carbocycles. The summed E-state index contributed by atoms with van der Waals surface area (Å²) in [6.07, 6.45) is -0.593. The summed E-state index contributed by atoms with van der Waals surface area (Å²) in [5.74, 6) is 1.39. The SMILES string of the molecule is Cc1nn(C)c(C)c1Oc1ccc(Br)cc1C(C)O. The van der Waals surface area contributed by atoms with Gasteiger partial charge in [0.25, 0.3) is 0 Å². The average Bonchev–Trinajstić information content (AvgIpc) is 2.57. The number of aliphatic hydroxyl groups is 1. The maximum Gasteiger partial charge on any atom is 0.171 e. The van der Waals surface area contributed by atoms with Crippen LogP contribution in [0, 0.1) is 13.8 Å². The zero-order valence-electron chi connectivity index (χ0n) is 11.4. The van der Waals surface area contributed by atoms with E-state index in [4.69, 9.17) is 4.74 Å². The Balaban J connectivity index is 2.43. The predicted octanol–water partition coefficient (Wildman–Crippen LogP) is 3.65. The smallest absolute Gasteiger partial charge is 0.171 e. The lowest BCUT2D eigenvalue weighted by Crippen LogP contribution is -1.98. The molecule has 0 fully saturated rings. The van der Waals surface area contributed by atoms with E-state index in [2.05, 4.69) is 21.0 Å². The molecular formula is C14H17BrN2O2. The molecular weight excluding hydrogens is 308 g/mol. The summed E-state index contributed by atoms with van der Waals surface area (Å²) in [6, 6.07) is 5.60. The van der Waals surface area contributed by atoms with Gasteiger partial charge in [-0.15, -0.1) is 0 Å². The van der Waals surface area contributed by atoms with E-state index < -0.39 is 6.10 Å². The fourth-order valence-corrected chi connectivity index (χ4v) is 2.33. The van der Waals surface area contributed by atoms with Gasteiger partial charge in [0, 0.05) is 17.1 Å². The molecule has 0 amide bonds. The third-order valence-electron chi connectivity index (χ3n) is 3.08. The summed E-state index contributed by atoms with van der Waals surface area (Å²) >= 11 is 3.40. The minimum absolute atomic E-state index is 0.593. The van der Waals surface area contributed by atoms with Crippen LogP contribution in [0.25, 0.3) is 0 Å². The van der Waals surface area contributed by atoms with Crippen LogP contribution in [0.15, 0.2) is 22.7 Å². The number of aliphatic hydroxyl groups excluding tert-OH is 1. The highest BCUT2D eigenvalue weighted by Crippen LogP contribution is 2.34. The van der Waals surface area contributed by atoms with Crippen molar-refractivity contribution in [3.05, 3.63) is 39.6 Å². The fraction of sp³-hybridized carbons (Fsp3) is 0.357. The third-order valence-corrected chi connectivity index (χ3v) is 3.57. The molecule has 4 nitrogen and oxygen atoms in total. The Labute approximate surface area is 121 Å². The molecule has 0 aliphatic rings. The molecule has 1 atom stereocenters. The van der Waals surface area contributed by atoms with Crippen molar-refractivity contribution in [2.45, 2.75) is 26.9 Å². The second-order valence-corrected chi connectivity index (χ2v) is 5.50. The van der Waals surface area contributed by atoms with Crippen molar-refractivity contribution in [2.75, 3.05) is 0 Å². The largest absolute Gasteiger partial charge is 0.453 e. The van der Waals surface area contributed by atoms with Crippen LogP contribution >= 0.6 is 15.9 Å². The standard InChI is InChI=1S/C14H17BrN2O2/c1-8-14(9(2)17(4)16-8)19-13-6-5-11(15)7-12(13)10(3)18/h5-7,10,18H,1-4H3. The molecule has 0 saturated carbocycles. The van der Waals surface area contributed by atoms with Crippen LogP contribution in [0.4, 0.5) is 0 Å². The Morgan fingerprint density at radius 3 is 2.58 bits per heavy atom. The Morgan fingerprint density at radius 2 is 2.05 bits per heavy atom. The van der Waals surface area contributed by atoms with Gasteiger partial charge in [0.15, 0.2) is 5.75 Å². The average molecular weight is 325 g/mol. The number of ether oxygens (including phenoxy) is 1. The Bertz CT molecular complexity index is 606. The molecule has 2 aromatic rings. The van der Waals surface area contributed by atoms with E-state index in [0.717, 1.165) is 27.2 Å². The summed E-state index contributed by atoms with van der Waals surface area (Å²) in [7, 11) is 1.88. The number of aryl methyl sites for hydroxylation is 2. The lowest BCUT2D eigenvalue weighted by Gasteiger charge is -2.13. The molecule has 1 aromatic heterocycles. The maximum absolute atomic E-state index is 9.83. The first-order chi connectivity index (χ1) is 8.90.